The normalized spacial score (nSPS) is 16.2. The van der Waals surface area contributed by atoms with Crippen molar-refractivity contribution >= 4 is 34.2 Å². The maximum absolute atomic E-state index is 12.4. The minimum absolute atomic E-state index is 0.227. The summed E-state index contributed by atoms with van der Waals surface area (Å²) in [6.07, 6.45) is 2.42. The fourth-order valence-electron chi connectivity index (χ4n) is 3.98. The Kier molecular flexibility index (Phi) is 4.92. The molecule has 0 saturated carbocycles. The molecule has 0 spiro atoms. The van der Waals surface area contributed by atoms with Gasteiger partial charge in [0, 0.05) is 28.5 Å². The Hall–Kier alpha value is -3.99. The number of imide groups is 1. The van der Waals surface area contributed by atoms with Crippen molar-refractivity contribution in [2.24, 2.45) is 4.99 Å². The van der Waals surface area contributed by atoms with E-state index >= 15 is 0 Å². The molecule has 2 heterocycles. The lowest BCUT2D eigenvalue weighted by atomic mass is 9.90. The first-order chi connectivity index (χ1) is 15.2. The largest absolute Gasteiger partial charge is 0.464 e. The van der Waals surface area contributed by atoms with Gasteiger partial charge in [-0.05, 0) is 24.6 Å². The first kappa shape index (κ1) is 19.0. The van der Waals surface area contributed by atoms with Gasteiger partial charge in [0.25, 0.3) is 0 Å². The Morgan fingerprint density at radius 1 is 0.903 bits per heavy atom. The minimum Gasteiger partial charge on any atom is -0.464 e. The molecule has 1 atom stereocenters. The first-order valence-electron chi connectivity index (χ1n) is 10.2. The number of aliphatic imine (C=N–C) groups is 1. The molecule has 1 aliphatic rings. The van der Waals surface area contributed by atoms with Crippen molar-refractivity contribution in [1.82, 2.24) is 5.32 Å². The molecule has 4 aromatic rings. The van der Waals surface area contributed by atoms with Gasteiger partial charge in [-0.15, -0.1) is 0 Å². The van der Waals surface area contributed by atoms with E-state index in [9.17, 15) is 9.59 Å². The van der Waals surface area contributed by atoms with Gasteiger partial charge >= 0.3 is 0 Å². The number of nitrogens with zero attached hydrogens (tertiary/aromatic N) is 1. The molecule has 1 fully saturated rings. The van der Waals surface area contributed by atoms with Gasteiger partial charge in [-0.1, -0.05) is 60.7 Å². The summed E-state index contributed by atoms with van der Waals surface area (Å²) in [6, 6.07) is 25.8. The van der Waals surface area contributed by atoms with Gasteiger partial charge in [0.1, 0.15) is 5.58 Å². The highest BCUT2D eigenvalue weighted by Gasteiger charge is 2.30. The van der Waals surface area contributed by atoms with Crippen LogP contribution in [0.1, 0.15) is 35.4 Å². The van der Waals surface area contributed by atoms with Crippen LogP contribution in [0.2, 0.25) is 0 Å². The predicted octanol–water partition coefficient (Wildman–Crippen LogP) is 5.12. The number of rotatable bonds is 4. The molecule has 1 aliphatic heterocycles. The molecule has 3 aromatic carbocycles. The summed E-state index contributed by atoms with van der Waals surface area (Å²) in [6.45, 7) is 0. The molecular formula is C26H20N2O3. The van der Waals surface area contributed by atoms with E-state index in [-0.39, 0.29) is 11.8 Å². The first-order valence-corrected chi connectivity index (χ1v) is 10.2. The molecule has 5 rings (SSSR count). The molecule has 5 heteroatoms. The van der Waals surface area contributed by atoms with Gasteiger partial charge in [0.2, 0.25) is 11.8 Å². The third-order valence-electron chi connectivity index (χ3n) is 5.54. The zero-order chi connectivity index (χ0) is 21.2. The fourth-order valence-corrected chi connectivity index (χ4v) is 3.98. The molecule has 1 N–H and O–H groups in total. The number of benzene rings is 3. The lowest BCUT2D eigenvalue weighted by Gasteiger charge is -2.19. The number of furan rings is 1. The van der Waals surface area contributed by atoms with Crippen LogP contribution in [-0.2, 0) is 9.59 Å². The summed E-state index contributed by atoms with van der Waals surface area (Å²) in [5, 5.41) is 3.27. The van der Waals surface area contributed by atoms with Crippen molar-refractivity contribution in [3.63, 3.8) is 0 Å². The quantitative estimate of drug-likeness (QED) is 0.376. The third-order valence-corrected chi connectivity index (χ3v) is 5.54. The Bertz CT molecular complexity index is 1250. The summed E-state index contributed by atoms with van der Waals surface area (Å²) in [5.41, 5.74) is 5.16. The predicted molar refractivity (Wildman–Crippen MR) is 120 cm³/mol. The second-order valence-electron chi connectivity index (χ2n) is 7.57. The summed E-state index contributed by atoms with van der Waals surface area (Å²) in [7, 11) is 0. The van der Waals surface area contributed by atoms with E-state index in [1.807, 2.05) is 78.9 Å². The Morgan fingerprint density at radius 3 is 2.23 bits per heavy atom. The number of hydrogen-bond acceptors (Lipinski definition) is 4. The molecule has 31 heavy (non-hydrogen) atoms. The molecule has 0 radical (unpaired) electrons. The van der Waals surface area contributed by atoms with E-state index in [1.54, 1.807) is 6.26 Å². The van der Waals surface area contributed by atoms with Crippen molar-refractivity contribution < 1.29 is 14.0 Å². The molecular weight excluding hydrogens is 388 g/mol. The Morgan fingerprint density at radius 2 is 1.58 bits per heavy atom. The second-order valence-corrected chi connectivity index (χ2v) is 7.57. The van der Waals surface area contributed by atoms with Crippen molar-refractivity contribution in [2.45, 2.75) is 18.8 Å². The van der Waals surface area contributed by atoms with Crippen molar-refractivity contribution in [2.75, 3.05) is 0 Å². The SMILES string of the molecule is O=C1CCC(c2coc3ccc(N=C(c4ccccc4)c4ccccc4)cc23)C(=O)N1. The average Bonchev–Trinajstić information content (AvgIpc) is 3.22. The van der Waals surface area contributed by atoms with Gasteiger partial charge in [-0.2, -0.15) is 0 Å². The van der Waals surface area contributed by atoms with Gasteiger partial charge in [0.05, 0.1) is 23.6 Å². The van der Waals surface area contributed by atoms with E-state index < -0.39 is 5.92 Å². The fraction of sp³-hybridized carbons (Fsp3) is 0.115. The highest BCUT2D eigenvalue weighted by molar-refractivity contribution is 6.14. The Balaban J connectivity index is 1.60. The maximum atomic E-state index is 12.4. The van der Waals surface area contributed by atoms with Crippen LogP contribution in [0.15, 0.2) is 94.5 Å². The molecule has 1 unspecified atom stereocenters. The van der Waals surface area contributed by atoms with Crippen LogP contribution >= 0.6 is 0 Å². The van der Waals surface area contributed by atoms with Gasteiger partial charge in [-0.25, -0.2) is 4.99 Å². The third kappa shape index (κ3) is 3.78. The van der Waals surface area contributed by atoms with E-state index in [0.717, 1.165) is 33.5 Å². The lowest BCUT2D eigenvalue weighted by Crippen LogP contribution is -2.39. The van der Waals surface area contributed by atoms with E-state index in [4.69, 9.17) is 9.41 Å². The zero-order valence-electron chi connectivity index (χ0n) is 16.7. The monoisotopic (exact) mass is 408 g/mol. The molecule has 0 bridgehead atoms. The number of nitrogens with one attached hydrogen (secondary N) is 1. The van der Waals surface area contributed by atoms with E-state index in [0.29, 0.717) is 18.4 Å². The summed E-state index contributed by atoms with van der Waals surface area (Å²) < 4.78 is 5.69. The lowest BCUT2D eigenvalue weighted by molar-refractivity contribution is -0.134. The highest BCUT2D eigenvalue weighted by Crippen LogP contribution is 2.34. The molecule has 1 aromatic heterocycles. The van der Waals surface area contributed by atoms with Crippen LogP contribution in [0.5, 0.6) is 0 Å². The molecule has 5 nitrogen and oxygen atoms in total. The van der Waals surface area contributed by atoms with Crippen LogP contribution < -0.4 is 5.32 Å². The summed E-state index contributed by atoms with van der Waals surface area (Å²) in [5.74, 6) is -0.905. The van der Waals surface area contributed by atoms with Gasteiger partial charge in [-0.3, -0.25) is 14.9 Å². The number of amides is 2. The average molecular weight is 408 g/mol. The number of carbonyl (C=O) groups excluding carboxylic acids is 2. The van der Waals surface area contributed by atoms with Crippen molar-refractivity contribution in [3.05, 3.63) is 102 Å². The zero-order valence-corrected chi connectivity index (χ0v) is 16.7. The minimum atomic E-state index is -0.402. The standard InChI is InChI=1S/C26H20N2O3/c29-24-14-12-20(26(30)28-24)22-16-31-23-13-11-19(15-21(22)23)27-25(17-7-3-1-4-8-17)18-9-5-2-6-10-18/h1-11,13,15-16,20H,12,14H2,(H,28,29,30). The van der Waals surface area contributed by atoms with Crippen LogP contribution in [-0.4, -0.2) is 17.5 Å². The number of hydrogen-bond donors (Lipinski definition) is 1. The van der Waals surface area contributed by atoms with Crippen molar-refractivity contribution in [3.8, 4) is 0 Å². The number of carbonyl (C=O) groups is 2. The molecule has 1 saturated heterocycles. The number of fused-ring (bicyclic) bond motifs is 1. The van der Waals surface area contributed by atoms with E-state index in [2.05, 4.69) is 5.32 Å². The van der Waals surface area contributed by atoms with Crippen LogP contribution in [0.4, 0.5) is 5.69 Å². The smallest absolute Gasteiger partial charge is 0.234 e. The highest BCUT2D eigenvalue weighted by atomic mass is 16.3. The van der Waals surface area contributed by atoms with Gasteiger partial charge < -0.3 is 4.42 Å². The number of piperidine rings is 1. The van der Waals surface area contributed by atoms with Crippen molar-refractivity contribution in [1.29, 1.82) is 0 Å². The van der Waals surface area contributed by atoms with Crippen LogP contribution in [0, 0.1) is 0 Å². The summed E-state index contributed by atoms with van der Waals surface area (Å²) in [4.78, 5) is 28.9. The molecule has 152 valence electrons. The van der Waals surface area contributed by atoms with Crippen LogP contribution in [0.25, 0.3) is 11.0 Å². The van der Waals surface area contributed by atoms with Gasteiger partial charge in [0.15, 0.2) is 0 Å². The summed E-state index contributed by atoms with van der Waals surface area (Å²) >= 11 is 0. The van der Waals surface area contributed by atoms with E-state index in [1.165, 1.54) is 0 Å². The molecule has 0 aliphatic carbocycles. The molecule has 2 amide bonds. The van der Waals surface area contributed by atoms with Crippen LogP contribution in [0.3, 0.4) is 0 Å². The Labute approximate surface area is 179 Å². The topological polar surface area (TPSA) is 71.7 Å². The maximum Gasteiger partial charge on any atom is 0.234 e. The second kappa shape index (κ2) is 8.03.